The Morgan fingerprint density at radius 1 is 1.28 bits per heavy atom. The summed E-state index contributed by atoms with van der Waals surface area (Å²) in [5, 5.41) is 6.85. The van der Waals surface area contributed by atoms with Crippen molar-refractivity contribution in [1.82, 2.24) is 10.3 Å². The summed E-state index contributed by atoms with van der Waals surface area (Å²) < 4.78 is 0. The lowest BCUT2D eigenvalue weighted by atomic mass is 10.1. The molecular formula is C15H20N2S. The van der Waals surface area contributed by atoms with Crippen LogP contribution >= 0.6 is 11.3 Å². The minimum Gasteiger partial charge on any atom is -0.308 e. The summed E-state index contributed by atoms with van der Waals surface area (Å²) in [6, 6.07) is 11.1. The summed E-state index contributed by atoms with van der Waals surface area (Å²) in [6.07, 6.45) is 5.26. The zero-order chi connectivity index (χ0) is 12.6. The predicted octanol–water partition coefficient (Wildman–Crippen LogP) is 3.82. The number of hydrogen-bond donors (Lipinski definition) is 1. The van der Waals surface area contributed by atoms with Gasteiger partial charge in [-0.1, -0.05) is 37.3 Å². The Morgan fingerprint density at radius 2 is 2.11 bits per heavy atom. The van der Waals surface area contributed by atoms with Gasteiger partial charge in [-0.2, -0.15) is 0 Å². The second-order valence-corrected chi connectivity index (χ2v) is 5.33. The summed E-state index contributed by atoms with van der Waals surface area (Å²) in [5.41, 5.74) is 1.40. The van der Waals surface area contributed by atoms with Crippen molar-refractivity contribution in [3.05, 3.63) is 52.5 Å². The smallest absolute Gasteiger partial charge is 0.109 e. The summed E-state index contributed by atoms with van der Waals surface area (Å²) in [5.74, 6) is 0. The largest absolute Gasteiger partial charge is 0.308 e. The standard InChI is InChI=1S/C15H20N2S/c1-2-10-16-14(15-17-11-12-18-15)9-8-13-6-4-3-5-7-13/h3-7,11-12,14,16H,2,8-10H2,1H3. The van der Waals surface area contributed by atoms with Crippen LogP contribution in [0.15, 0.2) is 41.9 Å². The Kier molecular flexibility index (Phi) is 5.36. The van der Waals surface area contributed by atoms with Crippen molar-refractivity contribution >= 4 is 11.3 Å². The lowest BCUT2D eigenvalue weighted by Crippen LogP contribution is -2.22. The molecule has 1 aromatic carbocycles. The fraction of sp³-hybridized carbons (Fsp3) is 0.400. The molecule has 0 spiro atoms. The molecule has 2 rings (SSSR count). The molecule has 1 heterocycles. The van der Waals surface area contributed by atoms with Gasteiger partial charge >= 0.3 is 0 Å². The van der Waals surface area contributed by atoms with E-state index < -0.39 is 0 Å². The number of aromatic nitrogens is 1. The van der Waals surface area contributed by atoms with Crippen LogP contribution in [-0.4, -0.2) is 11.5 Å². The van der Waals surface area contributed by atoms with Gasteiger partial charge in [0.05, 0.1) is 6.04 Å². The maximum atomic E-state index is 4.44. The third kappa shape index (κ3) is 3.93. The highest BCUT2D eigenvalue weighted by Gasteiger charge is 2.12. The number of hydrogen-bond acceptors (Lipinski definition) is 3. The zero-order valence-electron chi connectivity index (χ0n) is 10.8. The van der Waals surface area contributed by atoms with Crippen molar-refractivity contribution in [2.45, 2.75) is 32.2 Å². The van der Waals surface area contributed by atoms with Crippen LogP contribution in [0.3, 0.4) is 0 Å². The number of nitrogens with zero attached hydrogens (tertiary/aromatic N) is 1. The molecule has 0 aliphatic heterocycles. The average molecular weight is 260 g/mol. The predicted molar refractivity (Wildman–Crippen MR) is 77.9 cm³/mol. The van der Waals surface area contributed by atoms with Gasteiger partial charge < -0.3 is 5.32 Å². The van der Waals surface area contributed by atoms with E-state index in [1.807, 2.05) is 6.20 Å². The molecule has 0 saturated heterocycles. The number of aryl methyl sites for hydroxylation is 1. The number of nitrogens with one attached hydrogen (secondary N) is 1. The van der Waals surface area contributed by atoms with Crippen molar-refractivity contribution in [1.29, 1.82) is 0 Å². The molecule has 0 saturated carbocycles. The van der Waals surface area contributed by atoms with Crippen molar-refractivity contribution in [2.75, 3.05) is 6.54 Å². The summed E-state index contributed by atoms with van der Waals surface area (Å²) in [7, 11) is 0. The number of benzene rings is 1. The van der Waals surface area contributed by atoms with Crippen molar-refractivity contribution in [3.8, 4) is 0 Å². The zero-order valence-corrected chi connectivity index (χ0v) is 11.6. The van der Waals surface area contributed by atoms with E-state index >= 15 is 0 Å². The van der Waals surface area contributed by atoms with Gasteiger partial charge in [-0.3, -0.25) is 0 Å². The quantitative estimate of drug-likeness (QED) is 0.818. The summed E-state index contributed by atoms with van der Waals surface area (Å²) >= 11 is 1.74. The first-order valence-corrected chi connectivity index (χ1v) is 7.45. The van der Waals surface area contributed by atoms with Crippen LogP contribution in [0.1, 0.15) is 36.4 Å². The highest BCUT2D eigenvalue weighted by molar-refractivity contribution is 7.09. The van der Waals surface area contributed by atoms with E-state index in [0.29, 0.717) is 6.04 Å². The van der Waals surface area contributed by atoms with Gasteiger partial charge in [-0.25, -0.2) is 4.98 Å². The van der Waals surface area contributed by atoms with Gasteiger partial charge in [0, 0.05) is 11.6 Å². The lowest BCUT2D eigenvalue weighted by molar-refractivity contribution is 0.497. The van der Waals surface area contributed by atoms with E-state index in [2.05, 4.69) is 52.9 Å². The van der Waals surface area contributed by atoms with Crippen molar-refractivity contribution < 1.29 is 0 Å². The van der Waals surface area contributed by atoms with Crippen LogP contribution in [0.2, 0.25) is 0 Å². The first kappa shape index (κ1) is 13.2. The topological polar surface area (TPSA) is 24.9 Å². The Morgan fingerprint density at radius 3 is 2.78 bits per heavy atom. The molecule has 2 nitrogen and oxygen atoms in total. The lowest BCUT2D eigenvalue weighted by Gasteiger charge is -2.16. The van der Waals surface area contributed by atoms with Gasteiger partial charge in [0.25, 0.3) is 0 Å². The second kappa shape index (κ2) is 7.29. The SMILES string of the molecule is CCCNC(CCc1ccccc1)c1nccs1. The normalized spacial score (nSPS) is 12.5. The molecule has 18 heavy (non-hydrogen) atoms. The van der Waals surface area contributed by atoms with Gasteiger partial charge in [0.2, 0.25) is 0 Å². The van der Waals surface area contributed by atoms with E-state index in [1.54, 1.807) is 11.3 Å². The molecule has 1 atom stereocenters. The van der Waals surface area contributed by atoms with Crippen LogP contribution in [0, 0.1) is 0 Å². The van der Waals surface area contributed by atoms with Crippen molar-refractivity contribution in [2.24, 2.45) is 0 Å². The number of thiazole rings is 1. The maximum absolute atomic E-state index is 4.44. The van der Waals surface area contributed by atoms with Crippen LogP contribution in [0.4, 0.5) is 0 Å². The van der Waals surface area contributed by atoms with Gasteiger partial charge in [0.1, 0.15) is 5.01 Å². The third-order valence-corrected chi connectivity index (χ3v) is 3.84. The highest BCUT2D eigenvalue weighted by Crippen LogP contribution is 2.21. The number of rotatable bonds is 7. The molecule has 3 heteroatoms. The van der Waals surface area contributed by atoms with E-state index in [1.165, 1.54) is 10.6 Å². The summed E-state index contributed by atoms with van der Waals surface area (Å²) in [6.45, 7) is 3.25. The molecule has 0 fully saturated rings. The van der Waals surface area contributed by atoms with Crippen LogP contribution < -0.4 is 5.32 Å². The Balaban J connectivity index is 1.93. The Hall–Kier alpha value is -1.19. The minimum atomic E-state index is 0.394. The molecule has 2 aromatic rings. The van der Waals surface area contributed by atoms with Gasteiger partial charge in [0.15, 0.2) is 0 Å². The second-order valence-electron chi connectivity index (χ2n) is 4.40. The highest BCUT2D eigenvalue weighted by atomic mass is 32.1. The van der Waals surface area contributed by atoms with Crippen LogP contribution in [-0.2, 0) is 6.42 Å². The molecule has 1 N–H and O–H groups in total. The average Bonchev–Trinajstić information content (AvgIpc) is 2.94. The molecule has 1 aromatic heterocycles. The van der Waals surface area contributed by atoms with Gasteiger partial charge in [-0.15, -0.1) is 11.3 Å². The molecule has 0 amide bonds. The fourth-order valence-corrected chi connectivity index (χ4v) is 2.74. The van der Waals surface area contributed by atoms with E-state index in [4.69, 9.17) is 0 Å². The Labute approximate surface area is 113 Å². The van der Waals surface area contributed by atoms with E-state index in [9.17, 15) is 0 Å². The monoisotopic (exact) mass is 260 g/mol. The third-order valence-electron chi connectivity index (χ3n) is 2.95. The molecular weight excluding hydrogens is 240 g/mol. The first-order valence-electron chi connectivity index (χ1n) is 6.57. The summed E-state index contributed by atoms with van der Waals surface area (Å²) in [4.78, 5) is 4.44. The molecule has 0 aliphatic rings. The van der Waals surface area contributed by atoms with Crippen LogP contribution in [0.25, 0.3) is 0 Å². The Bertz CT molecular complexity index is 425. The fourth-order valence-electron chi connectivity index (χ4n) is 1.99. The van der Waals surface area contributed by atoms with E-state index in [0.717, 1.165) is 25.8 Å². The molecule has 0 radical (unpaired) electrons. The maximum Gasteiger partial charge on any atom is 0.109 e. The molecule has 1 unspecified atom stereocenters. The molecule has 96 valence electrons. The minimum absolute atomic E-state index is 0.394. The molecule has 0 aliphatic carbocycles. The van der Waals surface area contributed by atoms with E-state index in [-0.39, 0.29) is 0 Å². The molecule has 0 bridgehead atoms. The van der Waals surface area contributed by atoms with Crippen LogP contribution in [0.5, 0.6) is 0 Å². The van der Waals surface area contributed by atoms with Gasteiger partial charge in [-0.05, 0) is 31.4 Å². The van der Waals surface area contributed by atoms with Crippen molar-refractivity contribution in [3.63, 3.8) is 0 Å². The first-order chi connectivity index (χ1) is 8.90.